The van der Waals surface area contributed by atoms with Gasteiger partial charge in [-0.05, 0) is 49.8 Å². The fourth-order valence-corrected chi connectivity index (χ4v) is 2.10. The van der Waals surface area contributed by atoms with Crippen LogP contribution in [0.25, 0.3) is 0 Å². The first-order chi connectivity index (χ1) is 8.30. The zero-order valence-electron chi connectivity index (χ0n) is 12.5. The first-order valence-corrected chi connectivity index (χ1v) is 6.76. The number of benzene rings is 1. The molecule has 0 aliphatic carbocycles. The Bertz CT molecular complexity index is 367. The van der Waals surface area contributed by atoms with Gasteiger partial charge in [0, 0.05) is 0 Å². The molecule has 1 aromatic rings. The Morgan fingerprint density at radius 3 is 2.33 bits per heavy atom. The van der Waals surface area contributed by atoms with E-state index in [4.69, 9.17) is 9.78 Å². The lowest BCUT2D eigenvalue weighted by Gasteiger charge is -2.25. The van der Waals surface area contributed by atoms with E-state index in [1.54, 1.807) is 0 Å². The molecule has 0 fully saturated rings. The quantitative estimate of drug-likeness (QED) is 0.525. The highest BCUT2D eigenvalue weighted by molar-refractivity contribution is 5.29. The molecule has 0 radical (unpaired) electrons. The molecule has 2 heteroatoms. The van der Waals surface area contributed by atoms with Gasteiger partial charge in [0.1, 0.15) is 5.60 Å². The standard InChI is InChI=1S/C16H26O2/c1-12(2)11-16(5,6)18-17-15-9-7-8-14(10-15)13(3)4/h7-10,12-13H,11H2,1-6H3. The zero-order valence-corrected chi connectivity index (χ0v) is 12.5. The van der Waals surface area contributed by atoms with Crippen molar-refractivity contribution in [1.82, 2.24) is 0 Å². The first kappa shape index (κ1) is 15.0. The second kappa shape index (κ2) is 6.24. The molecule has 1 rings (SSSR count). The molecule has 0 heterocycles. The van der Waals surface area contributed by atoms with E-state index >= 15 is 0 Å². The molecular weight excluding hydrogens is 224 g/mol. The molecule has 0 aliphatic rings. The highest BCUT2D eigenvalue weighted by Gasteiger charge is 2.22. The minimum Gasteiger partial charge on any atom is -0.337 e. The monoisotopic (exact) mass is 250 g/mol. The number of rotatable bonds is 6. The Morgan fingerprint density at radius 2 is 1.78 bits per heavy atom. The van der Waals surface area contributed by atoms with Crippen molar-refractivity contribution in [1.29, 1.82) is 0 Å². The first-order valence-electron chi connectivity index (χ1n) is 6.76. The van der Waals surface area contributed by atoms with E-state index in [-0.39, 0.29) is 5.60 Å². The van der Waals surface area contributed by atoms with Crippen molar-refractivity contribution in [3.63, 3.8) is 0 Å². The highest BCUT2D eigenvalue weighted by Crippen LogP contribution is 2.24. The second-order valence-corrected chi connectivity index (χ2v) is 6.25. The van der Waals surface area contributed by atoms with E-state index in [0.717, 1.165) is 12.2 Å². The lowest BCUT2D eigenvalue weighted by molar-refractivity contribution is -0.284. The van der Waals surface area contributed by atoms with Crippen molar-refractivity contribution in [2.24, 2.45) is 5.92 Å². The number of hydrogen-bond donors (Lipinski definition) is 0. The van der Waals surface area contributed by atoms with Crippen LogP contribution in [0.3, 0.4) is 0 Å². The van der Waals surface area contributed by atoms with Gasteiger partial charge >= 0.3 is 0 Å². The van der Waals surface area contributed by atoms with Crippen molar-refractivity contribution >= 4 is 0 Å². The van der Waals surface area contributed by atoms with Gasteiger partial charge in [-0.15, -0.1) is 0 Å². The van der Waals surface area contributed by atoms with Gasteiger partial charge in [0.15, 0.2) is 5.75 Å². The molecule has 0 amide bonds. The van der Waals surface area contributed by atoms with Gasteiger partial charge in [-0.3, -0.25) is 0 Å². The summed E-state index contributed by atoms with van der Waals surface area (Å²) in [6.45, 7) is 12.8. The van der Waals surface area contributed by atoms with E-state index in [1.807, 2.05) is 18.2 Å². The summed E-state index contributed by atoms with van der Waals surface area (Å²) in [5.74, 6) is 1.86. The van der Waals surface area contributed by atoms with Gasteiger partial charge in [-0.2, -0.15) is 4.89 Å². The molecule has 2 nitrogen and oxygen atoms in total. The summed E-state index contributed by atoms with van der Waals surface area (Å²) in [5, 5.41) is 0. The molecule has 0 N–H and O–H groups in total. The maximum atomic E-state index is 5.56. The Kier molecular flexibility index (Phi) is 5.21. The predicted molar refractivity (Wildman–Crippen MR) is 75.8 cm³/mol. The summed E-state index contributed by atoms with van der Waals surface area (Å²) in [6, 6.07) is 8.08. The summed E-state index contributed by atoms with van der Waals surface area (Å²) >= 11 is 0. The molecule has 0 saturated heterocycles. The zero-order chi connectivity index (χ0) is 13.8. The molecule has 0 atom stereocenters. The van der Waals surface area contributed by atoms with Gasteiger partial charge < -0.3 is 4.89 Å². The molecule has 0 aliphatic heterocycles. The van der Waals surface area contributed by atoms with Crippen LogP contribution in [0, 0.1) is 5.92 Å². The SMILES string of the molecule is CC(C)CC(C)(C)OOc1cccc(C(C)C)c1. The van der Waals surface area contributed by atoms with Gasteiger partial charge in [-0.25, -0.2) is 0 Å². The van der Waals surface area contributed by atoms with E-state index in [2.05, 4.69) is 47.6 Å². The normalized spacial score (nSPS) is 12.2. The lowest BCUT2D eigenvalue weighted by atomic mass is 9.97. The van der Waals surface area contributed by atoms with Crippen molar-refractivity contribution in [2.75, 3.05) is 0 Å². The smallest absolute Gasteiger partial charge is 0.165 e. The van der Waals surface area contributed by atoms with Crippen LogP contribution in [0.5, 0.6) is 5.75 Å². The fourth-order valence-electron chi connectivity index (χ4n) is 2.10. The van der Waals surface area contributed by atoms with Crippen molar-refractivity contribution in [3.05, 3.63) is 29.8 Å². The van der Waals surface area contributed by atoms with Gasteiger partial charge in [0.2, 0.25) is 0 Å². The Labute approximate surface area is 111 Å². The van der Waals surface area contributed by atoms with Crippen LogP contribution in [0.15, 0.2) is 24.3 Å². The minimum atomic E-state index is -0.262. The van der Waals surface area contributed by atoms with Gasteiger partial charge in [0.25, 0.3) is 0 Å². The molecular formula is C16H26O2. The van der Waals surface area contributed by atoms with Crippen molar-refractivity contribution < 1.29 is 9.78 Å². The van der Waals surface area contributed by atoms with Crippen LogP contribution in [0.1, 0.15) is 59.4 Å². The van der Waals surface area contributed by atoms with E-state index in [0.29, 0.717) is 11.8 Å². The molecule has 0 unspecified atom stereocenters. The third-order valence-electron chi connectivity index (χ3n) is 2.79. The maximum Gasteiger partial charge on any atom is 0.165 e. The predicted octanol–water partition coefficient (Wildman–Crippen LogP) is 4.95. The second-order valence-electron chi connectivity index (χ2n) is 6.25. The molecule has 0 bridgehead atoms. The van der Waals surface area contributed by atoms with Crippen LogP contribution in [0.4, 0.5) is 0 Å². The number of hydrogen-bond acceptors (Lipinski definition) is 2. The van der Waals surface area contributed by atoms with Crippen molar-refractivity contribution in [3.8, 4) is 5.75 Å². The average Bonchev–Trinajstić information content (AvgIpc) is 2.25. The molecule has 0 spiro atoms. The van der Waals surface area contributed by atoms with E-state index in [9.17, 15) is 0 Å². The molecule has 102 valence electrons. The van der Waals surface area contributed by atoms with E-state index < -0.39 is 0 Å². The largest absolute Gasteiger partial charge is 0.337 e. The Morgan fingerprint density at radius 1 is 1.11 bits per heavy atom. The Hall–Kier alpha value is -1.02. The van der Waals surface area contributed by atoms with Crippen molar-refractivity contribution in [2.45, 2.75) is 59.5 Å². The van der Waals surface area contributed by atoms with Gasteiger partial charge in [0.05, 0.1) is 0 Å². The third kappa shape index (κ3) is 5.09. The summed E-state index contributed by atoms with van der Waals surface area (Å²) in [6.07, 6.45) is 0.969. The van der Waals surface area contributed by atoms with Crippen LogP contribution in [-0.2, 0) is 4.89 Å². The molecule has 18 heavy (non-hydrogen) atoms. The topological polar surface area (TPSA) is 18.5 Å². The lowest BCUT2D eigenvalue weighted by Crippen LogP contribution is -2.28. The highest BCUT2D eigenvalue weighted by atomic mass is 17.2. The summed E-state index contributed by atoms with van der Waals surface area (Å²) < 4.78 is 0. The van der Waals surface area contributed by atoms with Crippen LogP contribution < -0.4 is 4.89 Å². The van der Waals surface area contributed by atoms with Crippen LogP contribution in [-0.4, -0.2) is 5.60 Å². The Balaban J connectivity index is 2.60. The molecule has 0 saturated carbocycles. The van der Waals surface area contributed by atoms with Gasteiger partial charge in [-0.1, -0.05) is 39.8 Å². The summed E-state index contributed by atoms with van der Waals surface area (Å²) in [5.41, 5.74) is 1.000. The minimum absolute atomic E-state index is 0.262. The maximum absolute atomic E-state index is 5.56. The summed E-state index contributed by atoms with van der Waals surface area (Å²) in [4.78, 5) is 11.0. The fraction of sp³-hybridized carbons (Fsp3) is 0.625. The third-order valence-corrected chi connectivity index (χ3v) is 2.79. The van der Waals surface area contributed by atoms with E-state index in [1.165, 1.54) is 5.56 Å². The van der Waals surface area contributed by atoms with Crippen LogP contribution in [0.2, 0.25) is 0 Å². The molecule has 1 aromatic carbocycles. The van der Waals surface area contributed by atoms with Crippen LogP contribution >= 0.6 is 0 Å². The summed E-state index contributed by atoms with van der Waals surface area (Å²) in [7, 11) is 0. The average molecular weight is 250 g/mol. The molecule has 0 aromatic heterocycles.